The maximum atomic E-state index is 5.99. The Morgan fingerprint density at radius 3 is 2.95 bits per heavy atom. The minimum atomic E-state index is 0.340. The SMILES string of the molecule is C[C@@H]1CCCC[C@H]1OCCNC[C@@H]1CN(C)CCO1. The van der Waals surface area contributed by atoms with Crippen molar-refractivity contribution in [2.45, 2.75) is 44.8 Å². The first-order valence-corrected chi connectivity index (χ1v) is 7.88. The summed E-state index contributed by atoms with van der Waals surface area (Å²) in [5, 5.41) is 3.45. The third kappa shape index (κ3) is 5.38. The van der Waals surface area contributed by atoms with Crippen LogP contribution in [0.25, 0.3) is 0 Å². The first-order valence-electron chi connectivity index (χ1n) is 7.88. The van der Waals surface area contributed by atoms with E-state index in [1.165, 1.54) is 25.7 Å². The van der Waals surface area contributed by atoms with Crippen molar-refractivity contribution in [3.8, 4) is 0 Å². The lowest BCUT2D eigenvalue weighted by molar-refractivity contribution is -0.0230. The Labute approximate surface area is 117 Å². The molecule has 4 nitrogen and oxygen atoms in total. The fourth-order valence-electron chi connectivity index (χ4n) is 3.07. The number of ether oxygens (including phenoxy) is 2. The van der Waals surface area contributed by atoms with Crippen LogP contribution in [0.15, 0.2) is 0 Å². The minimum absolute atomic E-state index is 0.340. The number of likely N-dealkylation sites (N-methyl/N-ethyl adjacent to an activating group) is 1. The molecular formula is C15H30N2O2. The molecule has 2 rings (SSSR count). The van der Waals surface area contributed by atoms with Crippen molar-refractivity contribution in [2.75, 3.05) is 46.4 Å². The summed E-state index contributed by atoms with van der Waals surface area (Å²) in [6.07, 6.45) is 6.13. The summed E-state index contributed by atoms with van der Waals surface area (Å²) in [7, 11) is 2.16. The molecule has 1 aliphatic heterocycles. The predicted molar refractivity (Wildman–Crippen MR) is 77.5 cm³/mol. The van der Waals surface area contributed by atoms with Gasteiger partial charge in [0, 0.05) is 26.2 Å². The molecule has 0 bridgehead atoms. The van der Waals surface area contributed by atoms with Crippen molar-refractivity contribution in [2.24, 2.45) is 5.92 Å². The summed E-state index contributed by atoms with van der Waals surface area (Å²) in [5.74, 6) is 0.740. The summed E-state index contributed by atoms with van der Waals surface area (Å²) < 4.78 is 11.7. The number of morpholine rings is 1. The van der Waals surface area contributed by atoms with Crippen molar-refractivity contribution in [3.05, 3.63) is 0 Å². The van der Waals surface area contributed by atoms with Crippen LogP contribution < -0.4 is 5.32 Å². The second-order valence-electron chi connectivity index (χ2n) is 6.13. The van der Waals surface area contributed by atoms with E-state index >= 15 is 0 Å². The fraction of sp³-hybridized carbons (Fsp3) is 1.00. The van der Waals surface area contributed by atoms with E-state index in [1.807, 2.05) is 0 Å². The lowest BCUT2D eigenvalue weighted by Gasteiger charge is -2.30. The lowest BCUT2D eigenvalue weighted by Crippen LogP contribution is -2.45. The van der Waals surface area contributed by atoms with E-state index in [2.05, 4.69) is 24.2 Å². The van der Waals surface area contributed by atoms with Crippen molar-refractivity contribution in [1.29, 1.82) is 0 Å². The molecule has 1 N–H and O–H groups in total. The molecule has 0 unspecified atom stereocenters. The number of hydrogen-bond acceptors (Lipinski definition) is 4. The lowest BCUT2D eigenvalue weighted by atomic mass is 9.88. The van der Waals surface area contributed by atoms with Crippen LogP contribution >= 0.6 is 0 Å². The largest absolute Gasteiger partial charge is 0.377 e. The van der Waals surface area contributed by atoms with Gasteiger partial charge in [0.15, 0.2) is 0 Å². The van der Waals surface area contributed by atoms with Gasteiger partial charge < -0.3 is 19.7 Å². The Morgan fingerprint density at radius 1 is 1.32 bits per heavy atom. The Hall–Kier alpha value is -0.160. The zero-order chi connectivity index (χ0) is 13.5. The van der Waals surface area contributed by atoms with Crippen molar-refractivity contribution in [3.63, 3.8) is 0 Å². The maximum Gasteiger partial charge on any atom is 0.0826 e. The standard InChI is InChI=1S/C15H30N2O2/c1-13-5-3-4-6-15(13)19-9-7-16-11-14-12-17(2)8-10-18-14/h13-16H,3-12H2,1-2H3/t13-,14-,15-/m1/s1. The van der Waals surface area contributed by atoms with Gasteiger partial charge in [0.25, 0.3) is 0 Å². The van der Waals surface area contributed by atoms with E-state index < -0.39 is 0 Å². The second-order valence-corrected chi connectivity index (χ2v) is 6.13. The molecule has 112 valence electrons. The fourth-order valence-corrected chi connectivity index (χ4v) is 3.07. The average Bonchev–Trinajstić information content (AvgIpc) is 2.40. The first-order chi connectivity index (χ1) is 9.25. The van der Waals surface area contributed by atoms with E-state index in [9.17, 15) is 0 Å². The van der Waals surface area contributed by atoms with E-state index in [4.69, 9.17) is 9.47 Å². The molecule has 3 atom stereocenters. The highest BCUT2D eigenvalue weighted by atomic mass is 16.5. The van der Waals surface area contributed by atoms with Gasteiger partial charge in [0.05, 0.1) is 25.4 Å². The highest BCUT2D eigenvalue weighted by Gasteiger charge is 2.21. The molecular weight excluding hydrogens is 240 g/mol. The van der Waals surface area contributed by atoms with Crippen LogP contribution in [0.4, 0.5) is 0 Å². The molecule has 0 spiro atoms. The summed E-state index contributed by atoms with van der Waals surface area (Å²) in [6.45, 7) is 7.98. The van der Waals surface area contributed by atoms with Gasteiger partial charge in [-0.25, -0.2) is 0 Å². The Morgan fingerprint density at radius 2 is 2.16 bits per heavy atom. The summed E-state index contributed by atoms with van der Waals surface area (Å²) in [4.78, 5) is 2.33. The van der Waals surface area contributed by atoms with Gasteiger partial charge in [-0.3, -0.25) is 0 Å². The molecule has 2 fully saturated rings. The normalized spacial score (nSPS) is 33.5. The van der Waals surface area contributed by atoms with Gasteiger partial charge in [-0.1, -0.05) is 19.8 Å². The van der Waals surface area contributed by atoms with Gasteiger partial charge in [-0.2, -0.15) is 0 Å². The zero-order valence-electron chi connectivity index (χ0n) is 12.6. The number of nitrogens with one attached hydrogen (secondary N) is 1. The van der Waals surface area contributed by atoms with Crippen LogP contribution in [0.5, 0.6) is 0 Å². The highest BCUT2D eigenvalue weighted by Crippen LogP contribution is 2.25. The van der Waals surface area contributed by atoms with E-state index in [-0.39, 0.29) is 0 Å². The molecule has 0 aromatic rings. The van der Waals surface area contributed by atoms with Crippen LogP contribution in [-0.4, -0.2) is 63.5 Å². The third-order valence-electron chi connectivity index (χ3n) is 4.36. The monoisotopic (exact) mass is 270 g/mol. The predicted octanol–water partition coefficient (Wildman–Crippen LogP) is 1.50. The Balaban J connectivity index is 1.49. The number of hydrogen-bond donors (Lipinski definition) is 1. The van der Waals surface area contributed by atoms with Gasteiger partial charge in [-0.05, 0) is 25.8 Å². The zero-order valence-corrected chi connectivity index (χ0v) is 12.6. The van der Waals surface area contributed by atoms with Crippen molar-refractivity contribution < 1.29 is 9.47 Å². The smallest absolute Gasteiger partial charge is 0.0826 e. The third-order valence-corrected chi connectivity index (χ3v) is 4.36. The maximum absolute atomic E-state index is 5.99. The van der Waals surface area contributed by atoms with Crippen LogP contribution in [0.2, 0.25) is 0 Å². The topological polar surface area (TPSA) is 33.7 Å². The molecule has 0 aromatic heterocycles. The number of nitrogens with zero attached hydrogens (tertiary/aromatic N) is 1. The highest BCUT2D eigenvalue weighted by molar-refractivity contribution is 4.73. The van der Waals surface area contributed by atoms with Crippen LogP contribution in [0.1, 0.15) is 32.6 Å². The van der Waals surface area contributed by atoms with Crippen molar-refractivity contribution >= 4 is 0 Å². The average molecular weight is 270 g/mol. The quantitative estimate of drug-likeness (QED) is 0.742. The summed E-state index contributed by atoms with van der Waals surface area (Å²) >= 11 is 0. The van der Waals surface area contributed by atoms with E-state index in [0.29, 0.717) is 12.2 Å². The summed E-state index contributed by atoms with van der Waals surface area (Å²) in [6, 6.07) is 0. The molecule has 1 aliphatic carbocycles. The molecule has 19 heavy (non-hydrogen) atoms. The van der Waals surface area contributed by atoms with Crippen molar-refractivity contribution in [1.82, 2.24) is 10.2 Å². The van der Waals surface area contributed by atoms with Gasteiger partial charge in [0.2, 0.25) is 0 Å². The molecule has 1 saturated heterocycles. The van der Waals surface area contributed by atoms with E-state index in [0.717, 1.165) is 45.3 Å². The molecule has 4 heteroatoms. The minimum Gasteiger partial charge on any atom is -0.377 e. The molecule has 0 amide bonds. The van der Waals surface area contributed by atoms with Crippen LogP contribution in [0, 0.1) is 5.92 Å². The molecule has 2 aliphatic rings. The molecule has 0 radical (unpaired) electrons. The molecule has 1 heterocycles. The van der Waals surface area contributed by atoms with Crippen LogP contribution in [-0.2, 0) is 9.47 Å². The van der Waals surface area contributed by atoms with Gasteiger partial charge >= 0.3 is 0 Å². The van der Waals surface area contributed by atoms with Gasteiger partial charge in [-0.15, -0.1) is 0 Å². The molecule has 0 aromatic carbocycles. The Bertz CT molecular complexity index is 250. The Kier molecular flexibility index (Phi) is 6.57. The summed E-state index contributed by atoms with van der Waals surface area (Å²) in [5.41, 5.74) is 0. The van der Waals surface area contributed by atoms with Crippen LogP contribution in [0.3, 0.4) is 0 Å². The molecule has 1 saturated carbocycles. The number of rotatable bonds is 6. The second kappa shape index (κ2) is 8.20. The van der Waals surface area contributed by atoms with E-state index in [1.54, 1.807) is 0 Å². The van der Waals surface area contributed by atoms with Gasteiger partial charge in [0.1, 0.15) is 0 Å². The first kappa shape index (κ1) is 15.2.